The molecule has 0 amide bonds. The van der Waals surface area contributed by atoms with Crippen molar-refractivity contribution >= 4 is 5.97 Å². The summed E-state index contributed by atoms with van der Waals surface area (Å²) < 4.78 is 11.2. The van der Waals surface area contributed by atoms with E-state index in [-0.39, 0.29) is 12.1 Å². The molecule has 3 heteroatoms. The lowest BCUT2D eigenvalue weighted by Gasteiger charge is -2.31. The van der Waals surface area contributed by atoms with E-state index in [1.54, 1.807) is 0 Å². The molecule has 0 aliphatic heterocycles. The van der Waals surface area contributed by atoms with Crippen LogP contribution in [0.2, 0.25) is 0 Å². The highest BCUT2D eigenvalue weighted by Gasteiger charge is 2.28. The van der Waals surface area contributed by atoms with Gasteiger partial charge in [-0.3, -0.25) is 4.79 Å². The average Bonchev–Trinajstić information content (AvgIpc) is 2.48. The molecule has 1 aliphatic rings. The Labute approximate surface area is 127 Å². The molecule has 1 fully saturated rings. The van der Waals surface area contributed by atoms with Crippen LogP contribution in [0.1, 0.15) is 63.9 Å². The Morgan fingerprint density at radius 2 is 1.90 bits per heavy atom. The fraction of sp³-hybridized carbons (Fsp3) is 0.611. The van der Waals surface area contributed by atoms with E-state index in [1.807, 2.05) is 12.1 Å². The van der Waals surface area contributed by atoms with Crippen LogP contribution in [0.25, 0.3) is 0 Å². The maximum absolute atomic E-state index is 11.2. The molecule has 0 aromatic heterocycles. The lowest BCUT2D eigenvalue weighted by atomic mass is 9.81. The molecule has 1 aliphatic carbocycles. The summed E-state index contributed by atoms with van der Waals surface area (Å²) in [7, 11) is 0. The SMILES string of the molecule is CCCCOc1ccc([C@@H]2CCCC[C@H]2OC(C)=O)cc1. The number of hydrogen-bond acceptors (Lipinski definition) is 3. The van der Waals surface area contributed by atoms with Crippen molar-refractivity contribution in [2.45, 2.75) is 64.4 Å². The van der Waals surface area contributed by atoms with E-state index in [2.05, 4.69) is 19.1 Å². The van der Waals surface area contributed by atoms with Gasteiger partial charge in [0.2, 0.25) is 0 Å². The maximum Gasteiger partial charge on any atom is 0.302 e. The molecule has 2 rings (SSSR count). The van der Waals surface area contributed by atoms with Crippen LogP contribution in [0.3, 0.4) is 0 Å². The van der Waals surface area contributed by atoms with Crippen LogP contribution < -0.4 is 4.74 Å². The van der Waals surface area contributed by atoms with Crippen molar-refractivity contribution in [1.82, 2.24) is 0 Å². The van der Waals surface area contributed by atoms with E-state index in [1.165, 1.54) is 18.9 Å². The van der Waals surface area contributed by atoms with Crippen LogP contribution in [0.4, 0.5) is 0 Å². The van der Waals surface area contributed by atoms with Crippen molar-refractivity contribution in [3.8, 4) is 5.75 Å². The summed E-state index contributed by atoms with van der Waals surface area (Å²) >= 11 is 0. The lowest BCUT2D eigenvalue weighted by Crippen LogP contribution is -2.27. The van der Waals surface area contributed by atoms with E-state index in [4.69, 9.17) is 9.47 Å². The van der Waals surface area contributed by atoms with Crippen molar-refractivity contribution in [2.24, 2.45) is 0 Å². The Bertz CT molecular complexity index is 438. The monoisotopic (exact) mass is 290 g/mol. The van der Waals surface area contributed by atoms with Gasteiger partial charge in [-0.2, -0.15) is 0 Å². The van der Waals surface area contributed by atoms with Gasteiger partial charge in [-0.05, 0) is 43.4 Å². The van der Waals surface area contributed by atoms with Crippen molar-refractivity contribution in [1.29, 1.82) is 0 Å². The Morgan fingerprint density at radius 1 is 1.19 bits per heavy atom. The topological polar surface area (TPSA) is 35.5 Å². The third-order valence-corrected chi connectivity index (χ3v) is 4.09. The molecule has 0 N–H and O–H groups in total. The first kappa shape index (κ1) is 15.9. The fourth-order valence-corrected chi connectivity index (χ4v) is 2.98. The average molecular weight is 290 g/mol. The largest absolute Gasteiger partial charge is 0.494 e. The smallest absolute Gasteiger partial charge is 0.302 e. The zero-order valence-electron chi connectivity index (χ0n) is 13.1. The number of hydrogen-bond donors (Lipinski definition) is 0. The zero-order chi connectivity index (χ0) is 15.1. The van der Waals surface area contributed by atoms with Gasteiger partial charge in [-0.15, -0.1) is 0 Å². The van der Waals surface area contributed by atoms with Crippen LogP contribution in [-0.2, 0) is 9.53 Å². The summed E-state index contributed by atoms with van der Waals surface area (Å²) in [4.78, 5) is 11.2. The Hall–Kier alpha value is -1.51. The summed E-state index contributed by atoms with van der Waals surface area (Å²) in [6.07, 6.45) is 6.67. The molecule has 116 valence electrons. The van der Waals surface area contributed by atoms with Gasteiger partial charge in [0.25, 0.3) is 0 Å². The number of esters is 1. The highest BCUT2D eigenvalue weighted by atomic mass is 16.5. The van der Waals surface area contributed by atoms with Gasteiger partial charge in [-0.25, -0.2) is 0 Å². The van der Waals surface area contributed by atoms with Gasteiger partial charge in [-0.1, -0.05) is 31.9 Å². The molecule has 0 unspecified atom stereocenters. The highest BCUT2D eigenvalue weighted by molar-refractivity contribution is 5.66. The summed E-state index contributed by atoms with van der Waals surface area (Å²) in [5.41, 5.74) is 1.25. The fourth-order valence-electron chi connectivity index (χ4n) is 2.98. The summed E-state index contributed by atoms with van der Waals surface area (Å²) in [6, 6.07) is 8.30. The third-order valence-electron chi connectivity index (χ3n) is 4.09. The molecule has 21 heavy (non-hydrogen) atoms. The summed E-state index contributed by atoms with van der Waals surface area (Å²) in [5, 5.41) is 0. The van der Waals surface area contributed by atoms with Gasteiger partial charge >= 0.3 is 5.97 Å². The second kappa shape index (κ2) is 8.06. The summed E-state index contributed by atoms with van der Waals surface area (Å²) in [6.45, 7) is 4.43. The molecule has 0 heterocycles. The van der Waals surface area contributed by atoms with E-state index < -0.39 is 0 Å². The number of carbonyl (C=O) groups excluding carboxylic acids is 1. The van der Waals surface area contributed by atoms with E-state index in [9.17, 15) is 4.79 Å². The van der Waals surface area contributed by atoms with Crippen LogP contribution >= 0.6 is 0 Å². The minimum Gasteiger partial charge on any atom is -0.494 e. The predicted molar refractivity (Wildman–Crippen MR) is 83.6 cm³/mol. The molecule has 1 aromatic rings. The van der Waals surface area contributed by atoms with Crippen molar-refractivity contribution in [3.63, 3.8) is 0 Å². The molecular weight excluding hydrogens is 264 g/mol. The first-order valence-electron chi connectivity index (χ1n) is 8.10. The van der Waals surface area contributed by atoms with E-state index in [0.717, 1.165) is 44.5 Å². The minimum atomic E-state index is -0.175. The second-order valence-electron chi connectivity index (χ2n) is 5.81. The number of unbranched alkanes of at least 4 members (excludes halogenated alkanes) is 1. The molecular formula is C18H26O3. The normalized spacial score (nSPS) is 21.8. The Kier molecular flexibility index (Phi) is 6.09. The van der Waals surface area contributed by atoms with Gasteiger partial charge in [0, 0.05) is 12.8 Å². The lowest BCUT2D eigenvalue weighted by molar-refractivity contribution is -0.148. The number of rotatable bonds is 6. The zero-order valence-corrected chi connectivity index (χ0v) is 13.1. The van der Waals surface area contributed by atoms with Gasteiger partial charge in [0.05, 0.1) is 6.61 Å². The number of benzene rings is 1. The standard InChI is InChI=1S/C18H26O3/c1-3-4-13-20-16-11-9-15(10-12-16)17-7-5-6-8-18(17)21-14(2)19/h9-12,17-18H,3-8,13H2,1-2H3/t17-,18+/m0/s1. The number of carbonyl (C=O) groups is 1. The van der Waals surface area contributed by atoms with Crippen LogP contribution in [-0.4, -0.2) is 18.7 Å². The molecule has 1 aromatic carbocycles. The molecule has 0 spiro atoms. The molecule has 3 nitrogen and oxygen atoms in total. The van der Waals surface area contributed by atoms with E-state index >= 15 is 0 Å². The molecule has 0 radical (unpaired) electrons. The predicted octanol–water partition coefficient (Wildman–Crippen LogP) is 4.45. The minimum absolute atomic E-state index is 0.0307. The van der Waals surface area contributed by atoms with Crippen molar-refractivity contribution in [3.05, 3.63) is 29.8 Å². The third kappa shape index (κ3) is 4.76. The van der Waals surface area contributed by atoms with Crippen LogP contribution in [0.5, 0.6) is 5.75 Å². The summed E-state index contributed by atoms with van der Waals surface area (Å²) in [5.74, 6) is 1.07. The van der Waals surface area contributed by atoms with E-state index in [0.29, 0.717) is 5.92 Å². The maximum atomic E-state index is 11.2. The van der Waals surface area contributed by atoms with Crippen LogP contribution in [0.15, 0.2) is 24.3 Å². The Morgan fingerprint density at radius 3 is 2.57 bits per heavy atom. The second-order valence-corrected chi connectivity index (χ2v) is 5.81. The molecule has 0 saturated heterocycles. The van der Waals surface area contributed by atoms with Gasteiger partial charge in [0.1, 0.15) is 11.9 Å². The van der Waals surface area contributed by atoms with Crippen molar-refractivity contribution in [2.75, 3.05) is 6.61 Å². The van der Waals surface area contributed by atoms with Crippen LogP contribution in [0, 0.1) is 0 Å². The first-order valence-corrected chi connectivity index (χ1v) is 8.10. The number of ether oxygens (including phenoxy) is 2. The molecule has 2 atom stereocenters. The quantitative estimate of drug-likeness (QED) is 0.573. The Balaban J connectivity index is 1.99. The van der Waals surface area contributed by atoms with Crippen molar-refractivity contribution < 1.29 is 14.3 Å². The molecule has 1 saturated carbocycles. The first-order chi connectivity index (χ1) is 10.2. The molecule has 0 bridgehead atoms. The highest BCUT2D eigenvalue weighted by Crippen LogP contribution is 2.35. The van der Waals surface area contributed by atoms with Gasteiger partial charge < -0.3 is 9.47 Å². The van der Waals surface area contributed by atoms with Gasteiger partial charge in [0.15, 0.2) is 0 Å².